The standard InChI is InChI=1S/C19H27BrN2O3S/c1-26(24,25)22-12-8-15(9-13-22)14-21-18(23)19(10-2-3-11-19)16-4-6-17(20)7-5-16/h4-7,15H,2-3,8-14H2,1H3,(H,21,23). The Morgan fingerprint density at radius 1 is 1.19 bits per heavy atom. The highest BCUT2D eigenvalue weighted by atomic mass is 79.9. The quantitative estimate of drug-likeness (QED) is 0.761. The molecule has 7 heteroatoms. The van der Waals surface area contributed by atoms with Crippen molar-refractivity contribution >= 4 is 31.9 Å². The van der Waals surface area contributed by atoms with Crippen LogP contribution in [0.4, 0.5) is 0 Å². The van der Waals surface area contributed by atoms with E-state index in [1.807, 2.05) is 12.1 Å². The second kappa shape index (κ2) is 7.98. The molecule has 1 aromatic rings. The van der Waals surface area contributed by atoms with E-state index in [4.69, 9.17) is 0 Å². The third-order valence-corrected chi connectivity index (χ3v) is 7.71. The Hall–Kier alpha value is -0.920. The Labute approximate surface area is 164 Å². The summed E-state index contributed by atoms with van der Waals surface area (Å²) in [5.41, 5.74) is 0.691. The number of hydrogen-bond acceptors (Lipinski definition) is 3. The topological polar surface area (TPSA) is 66.5 Å². The number of piperidine rings is 1. The van der Waals surface area contributed by atoms with Gasteiger partial charge in [-0.1, -0.05) is 40.9 Å². The molecule has 26 heavy (non-hydrogen) atoms. The number of nitrogens with one attached hydrogen (secondary N) is 1. The van der Waals surface area contributed by atoms with Gasteiger partial charge in [-0.25, -0.2) is 12.7 Å². The zero-order valence-corrected chi connectivity index (χ0v) is 17.6. The van der Waals surface area contributed by atoms with E-state index in [1.165, 1.54) is 10.6 Å². The van der Waals surface area contributed by atoms with E-state index in [0.29, 0.717) is 25.6 Å². The molecule has 144 valence electrons. The summed E-state index contributed by atoms with van der Waals surface area (Å²) in [6.45, 7) is 1.74. The molecule has 1 heterocycles. The molecule has 0 unspecified atom stereocenters. The van der Waals surface area contributed by atoms with Gasteiger partial charge in [0.05, 0.1) is 11.7 Å². The Morgan fingerprint density at radius 3 is 2.31 bits per heavy atom. The van der Waals surface area contributed by atoms with Gasteiger partial charge in [0.1, 0.15) is 0 Å². The highest BCUT2D eigenvalue weighted by Gasteiger charge is 2.42. The van der Waals surface area contributed by atoms with E-state index in [-0.39, 0.29) is 5.91 Å². The number of benzene rings is 1. The number of rotatable bonds is 5. The minimum absolute atomic E-state index is 0.128. The van der Waals surface area contributed by atoms with Crippen molar-refractivity contribution in [3.8, 4) is 0 Å². The average molecular weight is 443 g/mol. The van der Waals surface area contributed by atoms with E-state index in [2.05, 4.69) is 33.4 Å². The van der Waals surface area contributed by atoms with Crippen molar-refractivity contribution in [3.63, 3.8) is 0 Å². The second-order valence-corrected chi connectivity index (χ2v) is 10.5. The predicted molar refractivity (Wildman–Crippen MR) is 106 cm³/mol. The van der Waals surface area contributed by atoms with E-state index in [0.717, 1.165) is 48.6 Å². The highest BCUT2D eigenvalue weighted by Crippen LogP contribution is 2.41. The van der Waals surface area contributed by atoms with E-state index < -0.39 is 15.4 Å². The van der Waals surface area contributed by atoms with Crippen LogP contribution in [-0.2, 0) is 20.2 Å². The molecular formula is C19H27BrN2O3S. The molecule has 0 atom stereocenters. The summed E-state index contributed by atoms with van der Waals surface area (Å²) in [5.74, 6) is 0.475. The maximum Gasteiger partial charge on any atom is 0.230 e. The van der Waals surface area contributed by atoms with Gasteiger partial charge in [-0.2, -0.15) is 0 Å². The first-order valence-electron chi connectivity index (χ1n) is 9.31. The minimum atomic E-state index is -3.10. The summed E-state index contributed by atoms with van der Waals surface area (Å²) in [4.78, 5) is 13.1. The van der Waals surface area contributed by atoms with Crippen LogP contribution in [0.25, 0.3) is 0 Å². The zero-order valence-electron chi connectivity index (χ0n) is 15.2. The molecule has 1 N–H and O–H groups in total. The molecule has 5 nitrogen and oxygen atoms in total. The maximum absolute atomic E-state index is 13.1. The van der Waals surface area contributed by atoms with Crippen molar-refractivity contribution in [3.05, 3.63) is 34.3 Å². The number of hydrogen-bond donors (Lipinski definition) is 1. The lowest BCUT2D eigenvalue weighted by Gasteiger charge is -2.32. The fourth-order valence-electron chi connectivity index (χ4n) is 4.25. The Kier molecular flexibility index (Phi) is 6.09. The van der Waals surface area contributed by atoms with Crippen LogP contribution < -0.4 is 5.32 Å². The lowest BCUT2D eigenvalue weighted by Crippen LogP contribution is -2.46. The van der Waals surface area contributed by atoms with Crippen LogP contribution in [0.2, 0.25) is 0 Å². The number of amides is 1. The van der Waals surface area contributed by atoms with Crippen molar-refractivity contribution in [2.45, 2.75) is 43.9 Å². The molecule has 1 saturated heterocycles. The van der Waals surface area contributed by atoms with E-state index in [1.54, 1.807) is 0 Å². The summed E-state index contributed by atoms with van der Waals surface area (Å²) in [7, 11) is -3.10. The molecule has 1 aliphatic heterocycles. The molecule has 1 saturated carbocycles. The average Bonchev–Trinajstić information content (AvgIpc) is 3.11. The van der Waals surface area contributed by atoms with Crippen molar-refractivity contribution in [2.75, 3.05) is 25.9 Å². The largest absolute Gasteiger partial charge is 0.355 e. The van der Waals surface area contributed by atoms with E-state index >= 15 is 0 Å². The van der Waals surface area contributed by atoms with Crippen LogP contribution in [0, 0.1) is 5.92 Å². The first-order chi connectivity index (χ1) is 12.3. The monoisotopic (exact) mass is 442 g/mol. The molecule has 1 aromatic carbocycles. The van der Waals surface area contributed by atoms with Gasteiger partial charge in [-0.3, -0.25) is 4.79 Å². The van der Waals surface area contributed by atoms with Crippen LogP contribution >= 0.6 is 15.9 Å². The Morgan fingerprint density at radius 2 is 1.77 bits per heavy atom. The third-order valence-electron chi connectivity index (χ3n) is 5.88. The summed E-state index contributed by atoms with van der Waals surface area (Å²) in [5, 5.41) is 3.18. The van der Waals surface area contributed by atoms with Crippen LogP contribution in [0.5, 0.6) is 0 Å². The Bertz CT molecular complexity index is 735. The lowest BCUT2D eigenvalue weighted by molar-refractivity contribution is -0.126. The van der Waals surface area contributed by atoms with Crippen molar-refractivity contribution in [1.29, 1.82) is 0 Å². The number of sulfonamides is 1. The SMILES string of the molecule is CS(=O)(=O)N1CCC(CNC(=O)C2(c3ccc(Br)cc3)CCCC2)CC1. The predicted octanol–water partition coefficient (Wildman–Crippen LogP) is 3.05. The number of carbonyl (C=O) groups excluding carboxylic acids is 1. The Balaban J connectivity index is 1.61. The fraction of sp³-hybridized carbons (Fsp3) is 0.632. The molecule has 0 aromatic heterocycles. The van der Waals surface area contributed by atoms with Gasteiger partial charge < -0.3 is 5.32 Å². The summed E-state index contributed by atoms with van der Waals surface area (Å²) in [6, 6.07) is 8.12. The molecule has 0 radical (unpaired) electrons. The van der Waals surface area contributed by atoms with Gasteiger partial charge in [0.2, 0.25) is 15.9 Å². The first-order valence-corrected chi connectivity index (χ1v) is 11.9. The smallest absolute Gasteiger partial charge is 0.230 e. The van der Waals surface area contributed by atoms with Crippen molar-refractivity contribution in [1.82, 2.24) is 9.62 Å². The van der Waals surface area contributed by atoms with Crippen molar-refractivity contribution in [2.24, 2.45) is 5.92 Å². The molecule has 1 aliphatic carbocycles. The molecule has 0 bridgehead atoms. The lowest BCUT2D eigenvalue weighted by atomic mass is 9.78. The molecule has 3 rings (SSSR count). The summed E-state index contributed by atoms with van der Waals surface area (Å²) in [6.07, 6.45) is 6.82. The summed E-state index contributed by atoms with van der Waals surface area (Å²) < 4.78 is 25.8. The molecule has 2 fully saturated rings. The number of nitrogens with zero attached hydrogens (tertiary/aromatic N) is 1. The zero-order chi connectivity index (χ0) is 18.8. The molecular weight excluding hydrogens is 416 g/mol. The van der Waals surface area contributed by atoms with Gasteiger partial charge in [0.25, 0.3) is 0 Å². The second-order valence-electron chi connectivity index (χ2n) is 7.61. The third kappa shape index (κ3) is 4.31. The van der Waals surface area contributed by atoms with Gasteiger partial charge in [0, 0.05) is 24.1 Å². The highest BCUT2D eigenvalue weighted by molar-refractivity contribution is 9.10. The number of carbonyl (C=O) groups is 1. The fourth-order valence-corrected chi connectivity index (χ4v) is 5.38. The van der Waals surface area contributed by atoms with Gasteiger partial charge in [0.15, 0.2) is 0 Å². The first kappa shape index (κ1) is 19.8. The van der Waals surface area contributed by atoms with Crippen LogP contribution in [0.15, 0.2) is 28.7 Å². The van der Waals surface area contributed by atoms with Crippen molar-refractivity contribution < 1.29 is 13.2 Å². The van der Waals surface area contributed by atoms with Crippen LogP contribution in [0.3, 0.4) is 0 Å². The van der Waals surface area contributed by atoms with Gasteiger partial charge >= 0.3 is 0 Å². The summed E-state index contributed by atoms with van der Waals surface area (Å²) >= 11 is 3.46. The number of halogens is 1. The normalized spacial score (nSPS) is 21.6. The minimum Gasteiger partial charge on any atom is -0.355 e. The van der Waals surface area contributed by atoms with Crippen LogP contribution in [-0.4, -0.2) is 44.5 Å². The van der Waals surface area contributed by atoms with Crippen LogP contribution in [0.1, 0.15) is 44.1 Å². The van der Waals surface area contributed by atoms with E-state index in [9.17, 15) is 13.2 Å². The molecule has 1 amide bonds. The molecule has 2 aliphatic rings. The molecule has 0 spiro atoms. The van der Waals surface area contributed by atoms with Gasteiger partial charge in [-0.05, 0) is 49.3 Å². The van der Waals surface area contributed by atoms with Gasteiger partial charge in [-0.15, -0.1) is 0 Å². The maximum atomic E-state index is 13.1.